The molecule has 7 heteroatoms. The zero-order valence-corrected chi connectivity index (χ0v) is 18.3. The van der Waals surface area contributed by atoms with Crippen molar-refractivity contribution in [3.8, 4) is 0 Å². The monoisotopic (exact) mass is 407 g/mol. The van der Waals surface area contributed by atoms with E-state index in [0.29, 0.717) is 24.4 Å². The fourth-order valence-corrected chi connectivity index (χ4v) is 5.63. The first-order valence-corrected chi connectivity index (χ1v) is 12.5. The average molecular weight is 408 g/mol. The van der Waals surface area contributed by atoms with Crippen molar-refractivity contribution in [3.05, 3.63) is 0 Å². The fourth-order valence-electron chi connectivity index (χ4n) is 4.75. The Bertz CT molecular complexity index is 579. The second-order valence-electron chi connectivity index (χ2n) is 8.33. The van der Waals surface area contributed by atoms with E-state index in [0.717, 1.165) is 23.9 Å². The van der Waals surface area contributed by atoms with Crippen molar-refractivity contribution < 1.29 is 4.79 Å². The van der Waals surface area contributed by atoms with Gasteiger partial charge in [-0.25, -0.2) is 4.68 Å². The first kappa shape index (κ1) is 21.6. The fraction of sp³-hybridized carbons (Fsp3) is 0.905. The van der Waals surface area contributed by atoms with Crippen LogP contribution >= 0.6 is 11.8 Å². The van der Waals surface area contributed by atoms with Gasteiger partial charge in [0.25, 0.3) is 0 Å². The Hall–Kier alpha value is -1.11. The Morgan fingerprint density at radius 1 is 1.04 bits per heavy atom. The van der Waals surface area contributed by atoms with Crippen LogP contribution in [0, 0.1) is 0 Å². The Kier molecular flexibility index (Phi) is 9.09. The molecule has 0 spiro atoms. The number of rotatable bonds is 8. The van der Waals surface area contributed by atoms with Gasteiger partial charge in [-0.1, -0.05) is 63.1 Å². The molecule has 2 aliphatic carbocycles. The molecule has 0 N–H and O–H groups in total. The lowest BCUT2D eigenvalue weighted by Gasteiger charge is -2.33. The predicted molar refractivity (Wildman–Crippen MR) is 113 cm³/mol. The molecule has 1 amide bonds. The maximum Gasteiger partial charge on any atom is 0.222 e. The summed E-state index contributed by atoms with van der Waals surface area (Å²) in [4.78, 5) is 14.8. The van der Waals surface area contributed by atoms with Gasteiger partial charge >= 0.3 is 0 Å². The summed E-state index contributed by atoms with van der Waals surface area (Å²) in [6, 6.07) is 0.923. The molecule has 0 saturated heterocycles. The summed E-state index contributed by atoms with van der Waals surface area (Å²) in [5.41, 5.74) is 0. The van der Waals surface area contributed by atoms with Crippen LogP contribution in [0.1, 0.15) is 103 Å². The standard InChI is InChI=1S/C21H37N5OS/c1-2-25(18-12-9-6-10-13-18)20(27)16-11-17-28-21-22-23-24-26(21)19-14-7-4-3-5-8-15-19/h18-19H,2-17H2,1H3. The normalized spacial score (nSPS) is 19.9. The zero-order valence-electron chi connectivity index (χ0n) is 17.5. The number of aromatic nitrogens is 4. The Morgan fingerprint density at radius 2 is 1.68 bits per heavy atom. The molecule has 0 radical (unpaired) electrons. The lowest BCUT2D eigenvalue weighted by molar-refractivity contribution is -0.133. The zero-order chi connectivity index (χ0) is 19.6. The summed E-state index contributed by atoms with van der Waals surface area (Å²) >= 11 is 1.71. The molecule has 0 aromatic carbocycles. The van der Waals surface area contributed by atoms with Crippen LogP contribution in [-0.2, 0) is 4.79 Å². The largest absolute Gasteiger partial charge is 0.340 e. The quantitative estimate of drug-likeness (QED) is 0.447. The van der Waals surface area contributed by atoms with E-state index in [1.54, 1.807) is 11.8 Å². The summed E-state index contributed by atoms with van der Waals surface area (Å²) in [6.45, 7) is 2.96. The Balaban J connectivity index is 1.43. The maximum atomic E-state index is 12.7. The van der Waals surface area contributed by atoms with Gasteiger partial charge in [-0.15, -0.1) is 5.10 Å². The van der Waals surface area contributed by atoms with Gasteiger partial charge in [0.1, 0.15) is 0 Å². The Morgan fingerprint density at radius 3 is 2.39 bits per heavy atom. The van der Waals surface area contributed by atoms with Gasteiger partial charge in [-0.05, 0) is 49.5 Å². The van der Waals surface area contributed by atoms with Crippen LogP contribution in [0.25, 0.3) is 0 Å². The highest BCUT2D eigenvalue weighted by Crippen LogP contribution is 2.29. The Labute approximate surface area is 174 Å². The van der Waals surface area contributed by atoms with Crippen molar-refractivity contribution in [1.82, 2.24) is 25.1 Å². The van der Waals surface area contributed by atoms with Gasteiger partial charge < -0.3 is 4.90 Å². The minimum atomic E-state index is 0.328. The van der Waals surface area contributed by atoms with E-state index < -0.39 is 0 Å². The molecule has 6 nitrogen and oxygen atoms in total. The number of tetrazole rings is 1. The van der Waals surface area contributed by atoms with Crippen molar-refractivity contribution in [2.24, 2.45) is 0 Å². The molecule has 1 aromatic heterocycles. The van der Waals surface area contributed by atoms with E-state index >= 15 is 0 Å². The number of thioether (sulfide) groups is 1. The molecule has 1 heterocycles. The summed E-state index contributed by atoms with van der Waals surface area (Å²) < 4.78 is 2.05. The molecule has 1 aromatic rings. The SMILES string of the molecule is CCN(C(=O)CCCSc1nnnn1C1CCCCCCC1)C1CCCCC1. The first-order chi connectivity index (χ1) is 13.8. The molecule has 2 fully saturated rings. The maximum absolute atomic E-state index is 12.7. The van der Waals surface area contributed by atoms with Crippen LogP contribution in [0.15, 0.2) is 5.16 Å². The number of nitrogens with zero attached hydrogens (tertiary/aromatic N) is 5. The molecule has 28 heavy (non-hydrogen) atoms. The number of hydrogen-bond acceptors (Lipinski definition) is 5. The van der Waals surface area contributed by atoms with Gasteiger partial charge in [0.05, 0.1) is 6.04 Å². The van der Waals surface area contributed by atoms with E-state index in [1.807, 2.05) is 0 Å². The third kappa shape index (κ3) is 6.19. The molecule has 158 valence electrons. The molecule has 2 aliphatic rings. The van der Waals surface area contributed by atoms with Gasteiger partial charge in [0.15, 0.2) is 0 Å². The number of amides is 1. The third-order valence-electron chi connectivity index (χ3n) is 6.33. The second-order valence-corrected chi connectivity index (χ2v) is 9.39. The van der Waals surface area contributed by atoms with Crippen molar-refractivity contribution in [2.75, 3.05) is 12.3 Å². The minimum absolute atomic E-state index is 0.328. The van der Waals surface area contributed by atoms with Crippen molar-refractivity contribution >= 4 is 17.7 Å². The van der Waals surface area contributed by atoms with Crippen molar-refractivity contribution in [2.45, 2.75) is 114 Å². The van der Waals surface area contributed by atoms with Crippen molar-refractivity contribution in [1.29, 1.82) is 0 Å². The molecule has 0 atom stereocenters. The van der Waals surface area contributed by atoms with Crippen LogP contribution in [0.4, 0.5) is 0 Å². The van der Waals surface area contributed by atoms with Crippen LogP contribution in [0.2, 0.25) is 0 Å². The molecule has 3 rings (SSSR count). The third-order valence-corrected chi connectivity index (χ3v) is 7.35. The molecule has 0 aliphatic heterocycles. The van der Waals surface area contributed by atoms with Gasteiger partial charge in [-0.3, -0.25) is 4.79 Å². The van der Waals surface area contributed by atoms with E-state index in [1.165, 1.54) is 77.0 Å². The predicted octanol–water partition coefficient (Wildman–Crippen LogP) is 5.01. The van der Waals surface area contributed by atoms with Gasteiger partial charge in [-0.2, -0.15) is 0 Å². The topological polar surface area (TPSA) is 63.9 Å². The van der Waals surface area contributed by atoms with Crippen LogP contribution in [0.5, 0.6) is 0 Å². The summed E-state index contributed by atoms with van der Waals surface area (Å²) in [5, 5.41) is 13.4. The highest BCUT2D eigenvalue weighted by Gasteiger charge is 2.24. The van der Waals surface area contributed by atoms with Gasteiger partial charge in [0.2, 0.25) is 11.1 Å². The molecule has 2 saturated carbocycles. The number of hydrogen-bond donors (Lipinski definition) is 0. The van der Waals surface area contributed by atoms with Crippen LogP contribution in [-0.4, -0.2) is 49.4 Å². The summed E-state index contributed by atoms with van der Waals surface area (Å²) in [6.07, 6.45) is 16.7. The molecule has 0 unspecified atom stereocenters. The van der Waals surface area contributed by atoms with Crippen LogP contribution < -0.4 is 0 Å². The highest BCUT2D eigenvalue weighted by atomic mass is 32.2. The van der Waals surface area contributed by atoms with E-state index in [4.69, 9.17) is 0 Å². The first-order valence-electron chi connectivity index (χ1n) is 11.5. The lowest BCUT2D eigenvalue weighted by atomic mass is 9.94. The number of carbonyl (C=O) groups excluding carboxylic acids is 1. The average Bonchev–Trinajstić information content (AvgIpc) is 3.15. The highest BCUT2D eigenvalue weighted by molar-refractivity contribution is 7.99. The summed E-state index contributed by atoms with van der Waals surface area (Å²) in [7, 11) is 0. The van der Waals surface area contributed by atoms with E-state index in [2.05, 4.69) is 32.0 Å². The second kappa shape index (κ2) is 11.8. The van der Waals surface area contributed by atoms with E-state index in [-0.39, 0.29) is 0 Å². The minimum Gasteiger partial charge on any atom is -0.340 e. The molecular formula is C21H37N5OS. The van der Waals surface area contributed by atoms with Crippen LogP contribution in [0.3, 0.4) is 0 Å². The van der Waals surface area contributed by atoms with Gasteiger partial charge in [0, 0.05) is 24.8 Å². The smallest absolute Gasteiger partial charge is 0.222 e. The van der Waals surface area contributed by atoms with Crippen molar-refractivity contribution in [3.63, 3.8) is 0 Å². The van der Waals surface area contributed by atoms with E-state index in [9.17, 15) is 4.79 Å². The summed E-state index contributed by atoms with van der Waals surface area (Å²) in [5.74, 6) is 1.23. The molecule has 0 bridgehead atoms. The molecular weight excluding hydrogens is 370 g/mol. The number of carbonyl (C=O) groups is 1. The lowest BCUT2D eigenvalue weighted by Crippen LogP contribution is -2.41.